The topological polar surface area (TPSA) is 92.8 Å². The zero-order chi connectivity index (χ0) is 25.3. The summed E-state index contributed by atoms with van der Waals surface area (Å²) in [5.41, 5.74) is 2.50. The van der Waals surface area contributed by atoms with E-state index in [-0.39, 0.29) is 16.9 Å². The van der Waals surface area contributed by atoms with Crippen molar-refractivity contribution in [3.05, 3.63) is 97.4 Å². The van der Waals surface area contributed by atoms with Crippen LogP contribution in [0.3, 0.4) is 0 Å². The second kappa shape index (κ2) is 9.97. The first-order valence-electron chi connectivity index (χ1n) is 10.4. The van der Waals surface area contributed by atoms with Crippen molar-refractivity contribution in [2.75, 3.05) is 4.90 Å². The van der Waals surface area contributed by atoms with Crippen LogP contribution in [-0.4, -0.2) is 23.8 Å². The molecule has 1 saturated heterocycles. The van der Waals surface area contributed by atoms with Gasteiger partial charge in [0.1, 0.15) is 5.57 Å². The van der Waals surface area contributed by atoms with Crippen LogP contribution in [0.1, 0.15) is 27.0 Å². The van der Waals surface area contributed by atoms with Gasteiger partial charge < -0.3 is 4.74 Å². The molecule has 4 rings (SSSR count). The van der Waals surface area contributed by atoms with Gasteiger partial charge in [-0.25, -0.2) is 14.5 Å². The van der Waals surface area contributed by atoms with Gasteiger partial charge in [-0.05, 0) is 72.3 Å². The summed E-state index contributed by atoms with van der Waals surface area (Å²) in [5, 5.41) is 2.19. The molecule has 7 nitrogen and oxygen atoms in total. The Morgan fingerprint density at radius 2 is 1.66 bits per heavy atom. The number of nitrogens with zero attached hydrogens (tertiary/aromatic N) is 1. The van der Waals surface area contributed by atoms with Crippen LogP contribution in [-0.2, 0) is 9.59 Å². The van der Waals surface area contributed by atoms with Gasteiger partial charge in [0.2, 0.25) is 0 Å². The van der Waals surface area contributed by atoms with Crippen molar-refractivity contribution in [1.29, 1.82) is 0 Å². The fourth-order valence-corrected chi connectivity index (χ4v) is 4.80. The first-order chi connectivity index (χ1) is 16.6. The highest BCUT2D eigenvalue weighted by Crippen LogP contribution is 2.35. The SMILES string of the molecule is Cc1ccc(N2C(=O)NC(=O)/C(=C/c3cc(Br)cc(Br)c3OC(=O)c3cccc(C)c3)C2=O)cc1. The van der Waals surface area contributed by atoms with Gasteiger partial charge in [-0.15, -0.1) is 0 Å². The molecular weight excluding hydrogens is 580 g/mol. The maximum Gasteiger partial charge on any atom is 0.343 e. The summed E-state index contributed by atoms with van der Waals surface area (Å²) in [6.07, 6.45) is 1.29. The van der Waals surface area contributed by atoms with E-state index in [1.54, 1.807) is 54.6 Å². The van der Waals surface area contributed by atoms with E-state index >= 15 is 0 Å². The lowest BCUT2D eigenvalue weighted by Crippen LogP contribution is -2.54. The van der Waals surface area contributed by atoms with E-state index in [1.807, 2.05) is 19.9 Å². The second-order valence-corrected chi connectivity index (χ2v) is 9.63. The Hall–Kier alpha value is -3.56. The molecular formula is C26H18Br2N2O5. The third-order valence-corrected chi connectivity index (χ3v) is 6.23. The molecule has 0 atom stereocenters. The number of aryl methyl sites for hydroxylation is 2. The summed E-state index contributed by atoms with van der Waals surface area (Å²) in [4.78, 5) is 52.0. The summed E-state index contributed by atoms with van der Waals surface area (Å²) < 4.78 is 6.69. The van der Waals surface area contributed by atoms with Crippen molar-refractivity contribution in [2.45, 2.75) is 13.8 Å². The third-order valence-electron chi connectivity index (χ3n) is 5.18. The molecule has 3 aromatic rings. The minimum Gasteiger partial charge on any atom is -0.421 e. The molecule has 35 heavy (non-hydrogen) atoms. The number of anilines is 1. The van der Waals surface area contributed by atoms with Crippen molar-refractivity contribution < 1.29 is 23.9 Å². The van der Waals surface area contributed by atoms with Crippen molar-refractivity contribution in [3.8, 4) is 5.75 Å². The molecule has 4 amide bonds. The van der Waals surface area contributed by atoms with Crippen LogP contribution in [0, 0.1) is 13.8 Å². The molecule has 0 spiro atoms. The number of imide groups is 2. The lowest BCUT2D eigenvalue weighted by molar-refractivity contribution is -0.122. The number of hydrogen-bond donors (Lipinski definition) is 1. The number of rotatable bonds is 4. The highest BCUT2D eigenvalue weighted by molar-refractivity contribution is 9.11. The molecule has 176 valence electrons. The summed E-state index contributed by atoms with van der Waals surface area (Å²) in [5.74, 6) is -2.14. The quantitative estimate of drug-likeness (QED) is 0.180. The highest BCUT2D eigenvalue weighted by atomic mass is 79.9. The normalized spacial score (nSPS) is 14.8. The lowest BCUT2D eigenvalue weighted by Gasteiger charge is -2.26. The fourth-order valence-electron chi connectivity index (χ4n) is 3.46. The van der Waals surface area contributed by atoms with E-state index in [2.05, 4.69) is 37.2 Å². The lowest BCUT2D eigenvalue weighted by atomic mass is 10.1. The van der Waals surface area contributed by atoms with Gasteiger partial charge >= 0.3 is 12.0 Å². The zero-order valence-electron chi connectivity index (χ0n) is 18.6. The Labute approximate surface area is 218 Å². The number of barbiturate groups is 1. The number of nitrogens with one attached hydrogen (secondary N) is 1. The van der Waals surface area contributed by atoms with Crippen LogP contribution in [0.25, 0.3) is 6.08 Å². The van der Waals surface area contributed by atoms with Crippen molar-refractivity contribution in [2.24, 2.45) is 0 Å². The Morgan fingerprint density at radius 1 is 0.943 bits per heavy atom. The number of amides is 4. The van der Waals surface area contributed by atoms with E-state index in [0.29, 0.717) is 20.2 Å². The van der Waals surface area contributed by atoms with Crippen LogP contribution < -0.4 is 15.0 Å². The van der Waals surface area contributed by atoms with Crippen LogP contribution in [0.15, 0.2) is 75.2 Å². The van der Waals surface area contributed by atoms with Gasteiger partial charge in [-0.1, -0.05) is 51.3 Å². The van der Waals surface area contributed by atoms with Crippen molar-refractivity contribution in [1.82, 2.24) is 5.32 Å². The standard InChI is InChI=1S/C26H18Br2N2O5/c1-14-6-8-19(9-7-14)30-24(32)20(23(31)29-26(30)34)12-17-11-18(27)13-21(28)22(17)35-25(33)16-5-3-4-15(2)10-16/h3-13H,1-2H3,(H,29,31,34)/b20-12-. The Bertz CT molecular complexity index is 1410. The van der Waals surface area contributed by atoms with Gasteiger partial charge in [-0.2, -0.15) is 0 Å². The predicted octanol–water partition coefficient (Wildman–Crippen LogP) is 5.71. The van der Waals surface area contributed by atoms with E-state index < -0.39 is 23.8 Å². The monoisotopic (exact) mass is 596 g/mol. The molecule has 1 heterocycles. The van der Waals surface area contributed by atoms with Crippen molar-refractivity contribution >= 4 is 67.4 Å². The number of hydrogen-bond acceptors (Lipinski definition) is 5. The van der Waals surface area contributed by atoms with Crippen LogP contribution in [0.2, 0.25) is 0 Å². The Kier molecular flexibility index (Phi) is 7.00. The van der Waals surface area contributed by atoms with E-state index in [4.69, 9.17) is 4.74 Å². The molecule has 0 radical (unpaired) electrons. The van der Waals surface area contributed by atoms with Gasteiger partial charge in [0.05, 0.1) is 15.7 Å². The molecule has 1 aliphatic heterocycles. The Balaban J connectivity index is 1.75. The zero-order valence-corrected chi connectivity index (χ0v) is 21.8. The highest BCUT2D eigenvalue weighted by Gasteiger charge is 2.37. The van der Waals surface area contributed by atoms with Crippen LogP contribution in [0.4, 0.5) is 10.5 Å². The minimum absolute atomic E-state index is 0.117. The molecule has 0 aromatic heterocycles. The molecule has 1 N–H and O–H groups in total. The predicted molar refractivity (Wildman–Crippen MR) is 138 cm³/mol. The summed E-state index contributed by atoms with van der Waals surface area (Å²) in [6.45, 7) is 3.73. The summed E-state index contributed by atoms with van der Waals surface area (Å²) >= 11 is 6.76. The summed E-state index contributed by atoms with van der Waals surface area (Å²) in [7, 11) is 0. The number of urea groups is 1. The van der Waals surface area contributed by atoms with E-state index in [0.717, 1.165) is 16.0 Å². The van der Waals surface area contributed by atoms with E-state index in [9.17, 15) is 19.2 Å². The third kappa shape index (κ3) is 5.26. The molecule has 0 aliphatic carbocycles. The first-order valence-corrected chi connectivity index (χ1v) is 12.0. The molecule has 0 unspecified atom stereocenters. The molecule has 0 bridgehead atoms. The largest absolute Gasteiger partial charge is 0.421 e. The van der Waals surface area contributed by atoms with E-state index in [1.165, 1.54) is 6.08 Å². The Morgan fingerprint density at radius 3 is 2.34 bits per heavy atom. The number of ether oxygens (including phenoxy) is 1. The number of halogens is 2. The molecule has 9 heteroatoms. The summed E-state index contributed by atoms with van der Waals surface area (Å²) in [6, 6.07) is 16.1. The average molecular weight is 598 g/mol. The van der Waals surface area contributed by atoms with Gasteiger partial charge in [0.15, 0.2) is 5.75 Å². The van der Waals surface area contributed by atoms with Crippen molar-refractivity contribution in [3.63, 3.8) is 0 Å². The number of esters is 1. The fraction of sp³-hybridized carbons (Fsp3) is 0.0769. The first kappa shape index (κ1) is 24.6. The molecule has 3 aromatic carbocycles. The van der Waals surface area contributed by atoms with Gasteiger partial charge in [0.25, 0.3) is 11.8 Å². The second-order valence-electron chi connectivity index (χ2n) is 7.86. The minimum atomic E-state index is -0.851. The van der Waals surface area contributed by atoms with Gasteiger partial charge in [0, 0.05) is 10.0 Å². The van der Waals surface area contributed by atoms with Gasteiger partial charge in [-0.3, -0.25) is 14.9 Å². The maximum atomic E-state index is 13.2. The number of benzene rings is 3. The molecule has 0 saturated carbocycles. The smallest absolute Gasteiger partial charge is 0.343 e. The molecule has 1 fully saturated rings. The average Bonchev–Trinajstić information content (AvgIpc) is 2.79. The van der Waals surface area contributed by atoms with Crippen LogP contribution >= 0.6 is 31.9 Å². The molecule has 1 aliphatic rings. The van der Waals surface area contributed by atoms with Crippen LogP contribution in [0.5, 0.6) is 5.75 Å². The number of carbonyl (C=O) groups excluding carboxylic acids is 4. The number of carbonyl (C=O) groups is 4. The maximum absolute atomic E-state index is 13.2.